The van der Waals surface area contributed by atoms with Crippen molar-refractivity contribution in [1.29, 1.82) is 0 Å². The predicted octanol–water partition coefficient (Wildman–Crippen LogP) is 2.84. The highest BCUT2D eigenvalue weighted by molar-refractivity contribution is 5.89. The van der Waals surface area contributed by atoms with E-state index in [9.17, 15) is 22.8 Å². The van der Waals surface area contributed by atoms with Crippen molar-refractivity contribution >= 4 is 17.5 Å². The number of likely N-dealkylation sites (tertiary alicyclic amines) is 2. The van der Waals surface area contributed by atoms with E-state index < -0.39 is 23.8 Å². The molecule has 0 bridgehead atoms. The lowest BCUT2D eigenvalue weighted by atomic mass is 9.96. The molecule has 2 aliphatic rings. The molecule has 0 aliphatic carbocycles. The zero-order valence-electron chi connectivity index (χ0n) is 16.9. The van der Waals surface area contributed by atoms with Gasteiger partial charge in [0, 0.05) is 38.3 Å². The molecule has 4 rings (SSSR count). The average Bonchev–Trinajstić information content (AvgIpc) is 3.28. The first-order valence-corrected chi connectivity index (χ1v) is 10.2. The van der Waals surface area contributed by atoms with E-state index in [0.29, 0.717) is 37.3 Å². The molecule has 0 aromatic carbocycles. The maximum absolute atomic E-state index is 13.6. The summed E-state index contributed by atoms with van der Waals surface area (Å²) < 4.78 is 41.6. The van der Waals surface area contributed by atoms with Gasteiger partial charge in [0.2, 0.25) is 11.8 Å². The van der Waals surface area contributed by atoms with Gasteiger partial charge in [0.1, 0.15) is 5.69 Å². The van der Waals surface area contributed by atoms with E-state index in [4.69, 9.17) is 0 Å². The summed E-state index contributed by atoms with van der Waals surface area (Å²) in [7, 11) is 1.67. The predicted molar refractivity (Wildman–Crippen MR) is 101 cm³/mol. The average molecular weight is 423 g/mol. The van der Waals surface area contributed by atoms with Crippen LogP contribution in [0.1, 0.15) is 55.7 Å². The van der Waals surface area contributed by atoms with Crippen molar-refractivity contribution in [3.8, 4) is 0 Å². The second kappa shape index (κ2) is 7.55. The summed E-state index contributed by atoms with van der Waals surface area (Å²) in [6.07, 6.45) is -1.73. The number of piperidine rings is 1. The molecule has 2 amide bonds. The van der Waals surface area contributed by atoms with Crippen LogP contribution in [-0.4, -0.2) is 56.3 Å². The van der Waals surface area contributed by atoms with Crippen LogP contribution in [0.3, 0.4) is 0 Å². The Hall–Kier alpha value is -2.65. The molecule has 2 aromatic rings. The van der Waals surface area contributed by atoms with Gasteiger partial charge in [-0.25, -0.2) is 9.50 Å². The molecule has 0 radical (unpaired) electrons. The Morgan fingerprint density at radius 3 is 2.67 bits per heavy atom. The van der Waals surface area contributed by atoms with Crippen molar-refractivity contribution in [2.45, 2.75) is 51.2 Å². The van der Waals surface area contributed by atoms with E-state index in [2.05, 4.69) is 10.1 Å². The van der Waals surface area contributed by atoms with Crippen molar-refractivity contribution < 1.29 is 22.8 Å². The summed E-state index contributed by atoms with van der Waals surface area (Å²) in [5, 5.41) is 4.23. The fraction of sp³-hybridized carbons (Fsp3) is 0.600. The third-order valence-corrected chi connectivity index (χ3v) is 5.97. The fourth-order valence-electron chi connectivity index (χ4n) is 4.36. The van der Waals surface area contributed by atoms with E-state index in [1.165, 1.54) is 4.90 Å². The first-order chi connectivity index (χ1) is 14.2. The van der Waals surface area contributed by atoms with Crippen molar-refractivity contribution in [1.82, 2.24) is 24.4 Å². The third-order valence-electron chi connectivity index (χ3n) is 5.97. The number of hydrogen-bond acceptors (Lipinski definition) is 4. The van der Waals surface area contributed by atoms with Gasteiger partial charge in [0.05, 0.1) is 17.7 Å². The Labute approximate surface area is 171 Å². The minimum atomic E-state index is -4.56. The number of amides is 2. The number of aryl methyl sites for hydroxylation is 1. The molecular weight excluding hydrogens is 399 g/mol. The first-order valence-electron chi connectivity index (χ1n) is 10.2. The van der Waals surface area contributed by atoms with E-state index >= 15 is 0 Å². The van der Waals surface area contributed by atoms with Crippen LogP contribution in [0.2, 0.25) is 0 Å². The smallest absolute Gasteiger partial charge is 0.345 e. The van der Waals surface area contributed by atoms with Crippen LogP contribution in [0, 0.1) is 5.92 Å². The van der Waals surface area contributed by atoms with Gasteiger partial charge in [-0.15, -0.1) is 0 Å². The molecule has 2 aliphatic heterocycles. The maximum Gasteiger partial charge on any atom is 0.433 e. The lowest BCUT2D eigenvalue weighted by molar-refractivity contribution is -0.143. The molecule has 0 unspecified atom stereocenters. The second-order valence-electron chi connectivity index (χ2n) is 8.04. The Bertz CT molecular complexity index is 987. The fourth-order valence-corrected chi connectivity index (χ4v) is 4.36. The number of fused-ring (bicyclic) bond motifs is 1. The SMILES string of the molecule is CCc1cc(C(F)(F)F)n2nc([C@@H]3CCCCN3C(=O)[C@H]3CC(=O)N(C)C3)cc2n1. The molecule has 2 atom stereocenters. The quantitative estimate of drug-likeness (QED) is 0.761. The lowest BCUT2D eigenvalue weighted by Crippen LogP contribution is -2.42. The van der Waals surface area contributed by atoms with E-state index in [1.54, 1.807) is 24.9 Å². The first kappa shape index (κ1) is 20.6. The van der Waals surface area contributed by atoms with Crippen molar-refractivity contribution in [2.75, 3.05) is 20.1 Å². The number of aromatic nitrogens is 3. The van der Waals surface area contributed by atoms with Gasteiger partial charge in [-0.1, -0.05) is 6.92 Å². The van der Waals surface area contributed by atoms with Crippen LogP contribution in [0.25, 0.3) is 5.65 Å². The van der Waals surface area contributed by atoms with Crippen molar-refractivity contribution in [2.24, 2.45) is 5.92 Å². The van der Waals surface area contributed by atoms with Crippen LogP contribution in [-0.2, 0) is 22.2 Å². The van der Waals surface area contributed by atoms with Crippen LogP contribution in [0.15, 0.2) is 12.1 Å². The molecule has 162 valence electrons. The Morgan fingerprint density at radius 2 is 2.03 bits per heavy atom. The van der Waals surface area contributed by atoms with Crippen molar-refractivity contribution in [3.63, 3.8) is 0 Å². The molecule has 10 heteroatoms. The summed E-state index contributed by atoms with van der Waals surface area (Å²) in [5.74, 6) is -0.621. The van der Waals surface area contributed by atoms with E-state index in [-0.39, 0.29) is 23.9 Å². The van der Waals surface area contributed by atoms with Crippen LogP contribution < -0.4 is 0 Å². The molecule has 30 heavy (non-hydrogen) atoms. The number of halogens is 3. The Kier molecular flexibility index (Phi) is 5.19. The Morgan fingerprint density at radius 1 is 1.27 bits per heavy atom. The van der Waals surface area contributed by atoms with Gasteiger partial charge >= 0.3 is 6.18 Å². The van der Waals surface area contributed by atoms with E-state index in [1.807, 2.05) is 0 Å². The summed E-state index contributed by atoms with van der Waals surface area (Å²) in [6, 6.07) is 2.16. The largest absolute Gasteiger partial charge is 0.433 e. The summed E-state index contributed by atoms with van der Waals surface area (Å²) in [6.45, 7) is 2.62. The zero-order valence-corrected chi connectivity index (χ0v) is 16.9. The molecule has 2 fully saturated rings. The number of carbonyl (C=O) groups excluding carboxylic acids is 2. The molecule has 0 saturated carbocycles. The third kappa shape index (κ3) is 3.63. The second-order valence-corrected chi connectivity index (χ2v) is 8.04. The summed E-state index contributed by atoms with van der Waals surface area (Å²) in [5.41, 5.74) is 0.00932. The van der Waals surface area contributed by atoms with Gasteiger partial charge in [-0.05, 0) is 31.7 Å². The highest BCUT2D eigenvalue weighted by Crippen LogP contribution is 2.35. The number of carbonyl (C=O) groups is 2. The molecule has 0 N–H and O–H groups in total. The van der Waals surface area contributed by atoms with Gasteiger partial charge in [-0.3, -0.25) is 9.59 Å². The normalized spacial score (nSPS) is 22.9. The molecule has 2 saturated heterocycles. The monoisotopic (exact) mass is 423 g/mol. The minimum absolute atomic E-state index is 0.0687. The zero-order chi connectivity index (χ0) is 21.6. The van der Waals surface area contributed by atoms with Crippen LogP contribution in [0.4, 0.5) is 13.2 Å². The van der Waals surface area contributed by atoms with E-state index in [0.717, 1.165) is 23.4 Å². The van der Waals surface area contributed by atoms with Crippen molar-refractivity contribution in [3.05, 3.63) is 29.2 Å². The molecular formula is C20H24F3N5O2. The number of nitrogens with zero attached hydrogens (tertiary/aromatic N) is 5. The number of alkyl halides is 3. The summed E-state index contributed by atoms with van der Waals surface area (Å²) >= 11 is 0. The molecule has 2 aromatic heterocycles. The van der Waals surface area contributed by atoms with Gasteiger partial charge in [0.15, 0.2) is 5.65 Å². The Balaban J connectivity index is 1.70. The highest BCUT2D eigenvalue weighted by Gasteiger charge is 2.40. The molecule has 4 heterocycles. The summed E-state index contributed by atoms with van der Waals surface area (Å²) in [4.78, 5) is 32.5. The van der Waals surface area contributed by atoms with Gasteiger partial charge in [0.25, 0.3) is 0 Å². The number of hydrogen-bond donors (Lipinski definition) is 0. The maximum atomic E-state index is 13.6. The lowest BCUT2D eigenvalue weighted by Gasteiger charge is -2.36. The van der Waals surface area contributed by atoms with Gasteiger partial charge in [-0.2, -0.15) is 18.3 Å². The molecule has 0 spiro atoms. The van der Waals surface area contributed by atoms with Gasteiger partial charge < -0.3 is 9.80 Å². The molecule has 7 nitrogen and oxygen atoms in total. The highest BCUT2D eigenvalue weighted by atomic mass is 19.4. The van der Waals surface area contributed by atoms with Crippen LogP contribution >= 0.6 is 0 Å². The minimum Gasteiger partial charge on any atom is -0.345 e. The topological polar surface area (TPSA) is 70.8 Å². The standard InChI is InChI=1S/C20H24F3N5O2/c1-3-13-9-16(20(21,22)23)28-17(24-13)10-14(25-28)15-6-4-5-7-27(15)19(30)12-8-18(29)26(2)11-12/h9-10,12,15H,3-8,11H2,1-2H3/t12-,15-/m0/s1. The van der Waals surface area contributed by atoms with Crippen LogP contribution in [0.5, 0.6) is 0 Å². The number of rotatable bonds is 3.